The van der Waals surface area contributed by atoms with Gasteiger partial charge in [-0.05, 0) is 50.4 Å². The van der Waals surface area contributed by atoms with E-state index in [0.717, 1.165) is 24.9 Å². The van der Waals surface area contributed by atoms with Crippen LogP contribution in [0.1, 0.15) is 51.0 Å². The fourth-order valence-corrected chi connectivity index (χ4v) is 4.36. The third-order valence-electron chi connectivity index (χ3n) is 5.43. The normalized spacial score (nSPS) is 26.1. The maximum atomic E-state index is 12.4. The van der Waals surface area contributed by atoms with Crippen molar-refractivity contribution in [3.8, 4) is 5.75 Å². The summed E-state index contributed by atoms with van der Waals surface area (Å²) in [4.78, 5) is 15.0. The van der Waals surface area contributed by atoms with Gasteiger partial charge in [0.15, 0.2) is 0 Å². The summed E-state index contributed by atoms with van der Waals surface area (Å²) in [5, 5.41) is 2.85. The summed E-state index contributed by atoms with van der Waals surface area (Å²) in [6.45, 7) is 5.39. The minimum Gasteiger partial charge on any atom is -0.495 e. The number of fused-ring (bicyclic) bond motifs is 2. The van der Waals surface area contributed by atoms with Crippen molar-refractivity contribution in [3.63, 3.8) is 0 Å². The van der Waals surface area contributed by atoms with Gasteiger partial charge in [-0.2, -0.15) is 0 Å². The smallest absolute Gasteiger partial charge is 0.412 e. The van der Waals surface area contributed by atoms with Gasteiger partial charge >= 0.3 is 6.09 Å². The summed E-state index contributed by atoms with van der Waals surface area (Å²) in [7, 11) is 1.60. The molecule has 0 aliphatic carbocycles. The second-order valence-electron chi connectivity index (χ2n) is 7.30. The molecule has 0 saturated carbocycles. The van der Waals surface area contributed by atoms with Crippen molar-refractivity contribution in [2.75, 3.05) is 19.0 Å². The molecule has 0 spiro atoms. The Balaban J connectivity index is 1.60. The molecule has 5 nitrogen and oxygen atoms in total. The molecule has 5 heteroatoms. The number of hydrogen-bond donors (Lipinski definition) is 1. The molecule has 25 heavy (non-hydrogen) atoms. The van der Waals surface area contributed by atoms with E-state index in [1.54, 1.807) is 7.11 Å². The number of aryl methyl sites for hydroxylation is 1. The number of ether oxygens (including phenoxy) is 2. The molecule has 2 aliphatic heterocycles. The summed E-state index contributed by atoms with van der Waals surface area (Å²) in [6, 6.07) is 6.86. The number of hydrogen-bond acceptors (Lipinski definition) is 4. The lowest BCUT2D eigenvalue weighted by Crippen LogP contribution is -2.54. The van der Waals surface area contributed by atoms with Crippen molar-refractivity contribution in [1.29, 1.82) is 0 Å². The molecule has 2 fully saturated rings. The van der Waals surface area contributed by atoms with Gasteiger partial charge in [0, 0.05) is 24.9 Å². The van der Waals surface area contributed by atoms with E-state index < -0.39 is 0 Å². The molecule has 2 unspecified atom stereocenters. The van der Waals surface area contributed by atoms with E-state index in [0.29, 0.717) is 23.5 Å². The molecule has 0 aromatic heterocycles. The first-order valence-electron chi connectivity index (χ1n) is 9.48. The zero-order chi connectivity index (χ0) is 17.8. The quantitative estimate of drug-likeness (QED) is 0.861. The van der Waals surface area contributed by atoms with Crippen LogP contribution in [0.5, 0.6) is 5.75 Å². The molecule has 2 bridgehead atoms. The van der Waals surface area contributed by atoms with Crippen LogP contribution in [0.15, 0.2) is 18.2 Å². The number of anilines is 1. The third-order valence-corrected chi connectivity index (χ3v) is 5.43. The van der Waals surface area contributed by atoms with Crippen LogP contribution < -0.4 is 10.1 Å². The van der Waals surface area contributed by atoms with Crippen molar-refractivity contribution >= 4 is 11.8 Å². The average molecular weight is 346 g/mol. The molecule has 0 radical (unpaired) electrons. The molecule has 1 amide bonds. The number of nitrogens with zero attached hydrogens (tertiary/aromatic N) is 1. The lowest BCUT2D eigenvalue weighted by Gasteiger charge is -2.48. The lowest BCUT2D eigenvalue weighted by atomic mass is 9.83. The van der Waals surface area contributed by atoms with Gasteiger partial charge in [0.1, 0.15) is 11.9 Å². The highest BCUT2D eigenvalue weighted by Crippen LogP contribution is 2.35. The van der Waals surface area contributed by atoms with E-state index in [1.165, 1.54) is 25.7 Å². The summed E-state index contributed by atoms with van der Waals surface area (Å²) in [5.74, 6) is 0.650. The number of rotatable bonds is 5. The van der Waals surface area contributed by atoms with Crippen LogP contribution >= 0.6 is 0 Å². The van der Waals surface area contributed by atoms with Gasteiger partial charge in [0.2, 0.25) is 0 Å². The first-order chi connectivity index (χ1) is 12.1. The van der Waals surface area contributed by atoms with Crippen molar-refractivity contribution in [3.05, 3.63) is 23.8 Å². The van der Waals surface area contributed by atoms with Gasteiger partial charge in [0.05, 0.1) is 12.8 Å². The maximum absolute atomic E-state index is 12.4. The van der Waals surface area contributed by atoms with Crippen LogP contribution in [-0.4, -0.2) is 42.8 Å². The molecule has 2 heterocycles. The van der Waals surface area contributed by atoms with E-state index >= 15 is 0 Å². The van der Waals surface area contributed by atoms with Crippen LogP contribution in [0, 0.1) is 6.92 Å². The van der Waals surface area contributed by atoms with E-state index in [1.807, 2.05) is 25.1 Å². The van der Waals surface area contributed by atoms with Crippen molar-refractivity contribution in [2.45, 2.75) is 70.6 Å². The number of benzene rings is 1. The Labute approximate surface area is 150 Å². The van der Waals surface area contributed by atoms with E-state index in [-0.39, 0.29) is 12.2 Å². The Hall–Kier alpha value is -1.75. The van der Waals surface area contributed by atoms with Gasteiger partial charge in [-0.1, -0.05) is 19.4 Å². The number of amides is 1. The first-order valence-corrected chi connectivity index (χ1v) is 9.48. The Morgan fingerprint density at radius 1 is 1.28 bits per heavy atom. The Morgan fingerprint density at radius 2 is 2.00 bits per heavy atom. The first kappa shape index (κ1) is 18.1. The SMILES string of the molecule is CCCN1C2CCCC1CC(OC(=O)Nc1cc(C)ccc1OC)C2. The molecule has 1 aromatic carbocycles. The van der Waals surface area contributed by atoms with Crippen LogP contribution in [0.3, 0.4) is 0 Å². The molecule has 2 atom stereocenters. The van der Waals surface area contributed by atoms with Crippen LogP contribution in [0.2, 0.25) is 0 Å². The molecule has 3 rings (SSSR count). The Morgan fingerprint density at radius 3 is 2.64 bits per heavy atom. The molecule has 138 valence electrons. The minimum absolute atomic E-state index is 0.0132. The third kappa shape index (κ3) is 4.27. The van der Waals surface area contributed by atoms with Crippen molar-refractivity contribution in [1.82, 2.24) is 4.90 Å². The highest BCUT2D eigenvalue weighted by molar-refractivity contribution is 5.87. The summed E-state index contributed by atoms with van der Waals surface area (Å²) >= 11 is 0. The van der Waals surface area contributed by atoms with E-state index in [9.17, 15) is 4.79 Å². The number of carbonyl (C=O) groups is 1. The van der Waals surface area contributed by atoms with Crippen molar-refractivity contribution < 1.29 is 14.3 Å². The molecular weight excluding hydrogens is 316 g/mol. The second-order valence-corrected chi connectivity index (χ2v) is 7.30. The number of nitrogens with one attached hydrogen (secondary N) is 1. The summed E-state index contributed by atoms with van der Waals surface area (Å²) in [6.07, 6.45) is 6.48. The molecule has 2 aliphatic rings. The van der Waals surface area contributed by atoms with Gasteiger partial charge in [-0.15, -0.1) is 0 Å². The topological polar surface area (TPSA) is 50.8 Å². The maximum Gasteiger partial charge on any atom is 0.412 e. The highest BCUT2D eigenvalue weighted by Gasteiger charge is 2.39. The van der Waals surface area contributed by atoms with Gasteiger partial charge in [0.25, 0.3) is 0 Å². The molecule has 2 saturated heterocycles. The lowest BCUT2D eigenvalue weighted by molar-refractivity contribution is -0.0300. The van der Waals surface area contributed by atoms with Gasteiger partial charge in [-0.3, -0.25) is 10.2 Å². The van der Waals surface area contributed by atoms with Crippen molar-refractivity contribution in [2.24, 2.45) is 0 Å². The molecule has 1 N–H and O–H groups in total. The average Bonchev–Trinajstić information content (AvgIpc) is 2.56. The molecular formula is C20H30N2O3. The van der Waals surface area contributed by atoms with Gasteiger partial charge < -0.3 is 9.47 Å². The number of piperidine rings is 2. The summed E-state index contributed by atoms with van der Waals surface area (Å²) in [5.41, 5.74) is 1.73. The van der Waals surface area contributed by atoms with Crippen LogP contribution in [0.25, 0.3) is 0 Å². The van der Waals surface area contributed by atoms with Crippen LogP contribution in [0.4, 0.5) is 10.5 Å². The number of methoxy groups -OCH3 is 1. The largest absolute Gasteiger partial charge is 0.495 e. The number of carbonyl (C=O) groups excluding carboxylic acids is 1. The Bertz CT molecular complexity index is 591. The fraction of sp³-hybridized carbons (Fsp3) is 0.650. The van der Waals surface area contributed by atoms with Gasteiger partial charge in [-0.25, -0.2) is 4.79 Å². The fourth-order valence-electron chi connectivity index (χ4n) is 4.36. The Kier molecular flexibility index (Phi) is 5.84. The zero-order valence-electron chi connectivity index (χ0n) is 15.6. The zero-order valence-corrected chi connectivity index (χ0v) is 15.6. The standard InChI is InChI=1S/C20H30N2O3/c1-4-10-22-15-6-5-7-16(22)13-17(12-15)25-20(23)21-18-11-14(2)8-9-19(18)24-3/h8-9,11,15-17H,4-7,10,12-13H2,1-3H3,(H,21,23). The predicted octanol–water partition coefficient (Wildman–Crippen LogP) is 4.35. The monoisotopic (exact) mass is 346 g/mol. The van der Waals surface area contributed by atoms with E-state index in [2.05, 4.69) is 17.1 Å². The molecule has 1 aromatic rings. The highest BCUT2D eigenvalue weighted by atomic mass is 16.6. The predicted molar refractivity (Wildman–Crippen MR) is 99.3 cm³/mol. The minimum atomic E-state index is -0.379. The van der Waals surface area contributed by atoms with Crippen LogP contribution in [-0.2, 0) is 4.74 Å². The summed E-state index contributed by atoms with van der Waals surface area (Å²) < 4.78 is 11.1. The van der Waals surface area contributed by atoms with E-state index in [4.69, 9.17) is 9.47 Å². The second kappa shape index (κ2) is 8.09.